The van der Waals surface area contributed by atoms with Gasteiger partial charge in [0.1, 0.15) is 18.0 Å². The number of fused-ring (bicyclic) bond motifs is 1. The summed E-state index contributed by atoms with van der Waals surface area (Å²) in [5.41, 5.74) is 3.53. The molecule has 1 amide bonds. The maximum absolute atomic E-state index is 12.8. The van der Waals surface area contributed by atoms with E-state index in [0.717, 1.165) is 62.4 Å². The summed E-state index contributed by atoms with van der Waals surface area (Å²) in [6, 6.07) is 10.0. The average Bonchev–Trinajstić information content (AvgIpc) is 3.51. The second-order valence-electron chi connectivity index (χ2n) is 8.38. The molecule has 2 aliphatic rings. The van der Waals surface area contributed by atoms with Crippen molar-refractivity contribution in [2.24, 2.45) is 5.92 Å². The molecule has 3 heterocycles. The first-order valence-electron chi connectivity index (χ1n) is 11.0. The van der Waals surface area contributed by atoms with Crippen molar-refractivity contribution in [3.8, 4) is 11.4 Å². The molecule has 1 unspecified atom stereocenters. The third kappa shape index (κ3) is 4.02. The maximum Gasteiger partial charge on any atom is 0.223 e. The van der Waals surface area contributed by atoms with Gasteiger partial charge in [0.05, 0.1) is 6.04 Å². The first kappa shape index (κ1) is 19.7. The van der Waals surface area contributed by atoms with Gasteiger partial charge >= 0.3 is 0 Å². The molecule has 2 aromatic heterocycles. The standard InChI is InChI=1S/C23H27N7O/c1-15(20-24-14-25-29-20)26-23(31)17-10-12-30(13-11-17)22-18-8-5-9-19(18)27-21(28-22)16-6-3-2-4-7-16/h2-4,6-7,14-15,17H,5,8-13H2,1H3,(H,26,31)(H,24,25,29). The molecule has 3 aromatic rings. The number of nitrogens with one attached hydrogen (secondary N) is 2. The second-order valence-corrected chi connectivity index (χ2v) is 8.38. The highest BCUT2D eigenvalue weighted by Gasteiger charge is 2.30. The molecule has 1 fully saturated rings. The van der Waals surface area contributed by atoms with E-state index in [9.17, 15) is 4.79 Å². The third-order valence-electron chi connectivity index (χ3n) is 6.31. The number of nitrogens with zero attached hydrogens (tertiary/aromatic N) is 5. The monoisotopic (exact) mass is 417 g/mol. The van der Waals surface area contributed by atoms with E-state index in [4.69, 9.17) is 9.97 Å². The fourth-order valence-electron chi connectivity index (χ4n) is 4.57. The third-order valence-corrected chi connectivity index (χ3v) is 6.31. The molecule has 2 N–H and O–H groups in total. The van der Waals surface area contributed by atoms with Crippen LogP contribution in [0.2, 0.25) is 0 Å². The van der Waals surface area contributed by atoms with Crippen molar-refractivity contribution in [3.05, 3.63) is 53.7 Å². The fourth-order valence-corrected chi connectivity index (χ4v) is 4.57. The molecule has 0 saturated carbocycles. The molecular formula is C23H27N7O. The largest absolute Gasteiger partial charge is 0.356 e. The van der Waals surface area contributed by atoms with E-state index in [2.05, 4.69) is 37.5 Å². The lowest BCUT2D eigenvalue weighted by Crippen LogP contribution is -2.42. The van der Waals surface area contributed by atoms with Crippen LogP contribution in [0.25, 0.3) is 11.4 Å². The molecule has 160 valence electrons. The first-order chi connectivity index (χ1) is 15.2. The van der Waals surface area contributed by atoms with Gasteiger partial charge in [-0.3, -0.25) is 9.89 Å². The molecule has 5 rings (SSSR count). The Morgan fingerprint density at radius 1 is 1.16 bits per heavy atom. The summed E-state index contributed by atoms with van der Waals surface area (Å²) in [7, 11) is 0. The smallest absolute Gasteiger partial charge is 0.223 e. The molecular weight excluding hydrogens is 390 g/mol. The van der Waals surface area contributed by atoms with Gasteiger partial charge in [-0.2, -0.15) is 5.10 Å². The summed E-state index contributed by atoms with van der Waals surface area (Å²) in [6.07, 6.45) is 6.27. The quantitative estimate of drug-likeness (QED) is 0.662. The SMILES string of the molecule is CC(NC(=O)C1CCN(c2nc(-c3ccccc3)nc3c2CCC3)CC1)c1ncn[nH]1. The van der Waals surface area contributed by atoms with Crippen LogP contribution >= 0.6 is 0 Å². The Morgan fingerprint density at radius 3 is 2.71 bits per heavy atom. The summed E-state index contributed by atoms with van der Waals surface area (Å²) in [6.45, 7) is 3.57. The molecule has 31 heavy (non-hydrogen) atoms. The highest BCUT2D eigenvalue weighted by Crippen LogP contribution is 2.33. The van der Waals surface area contributed by atoms with Gasteiger partial charge < -0.3 is 10.2 Å². The number of aromatic amines is 1. The molecule has 0 spiro atoms. The number of amides is 1. The topological polar surface area (TPSA) is 99.7 Å². The van der Waals surface area contributed by atoms with Gasteiger partial charge in [-0.25, -0.2) is 15.0 Å². The van der Waals surface area contributed by atoms with Crippen LogP contribution in [-0.2, 0) is 17.6 Å². The van der Waals surface area contributed by atoms with E-state index in [1.165, 1.54) is 17.6 Å². The van der Waals surface area contributed by atoms with Gasteiger partial charge in [0.15, 0.2) is 5.82 Å². The second kappa shape index (κ2) is 8.45. The predicted molar refractivity (Wildman–Crippen MR) is 117 cm³/mol. The predicted octanol–water partition coefficient (Wildman–Crippen LogP) is 2.84. The van der Waals surface area contributed by atoms with E-state index in [1.54, 1.807) is 0 Å². The number of rotatable bonds is 5. The van der Waals surface area contributed by atoms with Crippen LogP contribution in [0.1, 0.15) is 49.3 Å². The van der Waals surface area contributed by atoms with Gasteiger partial charge in [0, 0.05) is 35.8 Å². The van der Waals surface area contributed by atoms with Crippen LogP contribution in [-0.4, -0.2) is 44.1 Å². The normalized spacial score (nSPS) is 17.4. The van der Waals surface area contributed by atoms with Gasteiger partial charge in [0.25, 0.3) is 0 Å². The molecule has 8 nitrogen and oxygen atoms in total. The van der Waals surface area contributed by atoms with Crippen LogP contribution in [0, 0.1) is 5.92 Å². The van der Waals surface area contributed by atoms with Crippen molar-refractivity contribution in [1.82, 2.24) is 30.5 Å². The number of aromatic nitrogens is 5. The summed E-state index contributed by atoms with van der Waals surface area (Å²) in [4.78, 5) is 29.1. The molecule has 1 aliphatic carbocycles. The number of hydrogen-bond acceptors (Lipinski definition) is 6. The van der Waals surface area contributed by atoms with Crippen molar-refractivity contribution in [2.75, 3.05) is 18.0 Å². The Balaban J connectivity index is 1.29. The van der Waals surface area contributed by atoms with Crippen LogP contribution in [0.15, 0.2) is 36.7 Å². The van der Waals surface area contributed by atoms with Crippen molar-refractivity contribution in [2.45, 2.75) is 45.1 Å². The highest BCUT2D eigenvalue weighted by molar-refractivity contribution is 5.79. The zero-order chi connectivity index (χ0) is 21.2. The van der Waals surface area contributed by atoms with Gasteiger partial charge in [0.2, 0.25) is 5.91 Å². The number of piperidine rings is 1. The Kier molecular flexibility index (Phi) is 5.36. The molecule has 1 saturated heterocycles. The lowest BCUT2D eigenvalue weighted by atomic mass is 9.95. The lowest BCUT2D eigenvalue weighted by molar-refractivity contribution is -0.126. The number of carbonyl (C=O) groups excluding carboxylic acids is 1. The Morgan fingerprint density at radius 2 is 1.97 bits per heavy atom. The number of aryl methyl sites for hydroxylation is 1. The summed E-state index contributed by atoms with van der Waals surface area (Å²) in [5, 5.41) is 9.74. The highest BCUT2D eigenvalue weighted by atomic mass is 16.2. The van der Waals surface area contributed by atoms with Crippen LogP contribution in [0.5, 0.6) is 0 Å². The zero-order valence-corrected chi connectivity index (χ0v) is 17.7. The van der Waals surface area contributed by atoms with Crippen LogP contribution in [0.3, 0.4) is 0 Å². The fraction of sp³-hybridized carbons (Fsp3) is 0.435. The molecule has 1 atom stereocenters. The van der Waals surface area contributed by atoms with E-state index in [-0.39, 0.29) is 17.9 Å². The minimum absolute atomic E-state index is 0.00472. The number of H-pyrrole nitrogens is 1. The van der Waals surface area contributed by atoms with Crippen molar-refractivity contribution >= 4 is 11.7 Å². The first-order valence-corrected chi connectivity index (χ1v) is 11.0. The van der Waals surface area contributed by atoms with E-state index in [1.807, 2.05) is 25.1 Å². The van der Waals surface area contributed by atoms with Gasteiger partial charge in [-0.15, -0.1) is 0 Å². The van der Waals surface area contributed by atoms with Crippen molar-refractivity contribution < 1.29 is 4.79 Å². The summed E-state index contributed by atoms with van der Waals surface area (Å²) >= 11 is 0. The summed E-state index contributed by atoms with van der Waals surface area (Å²) in [5.74, 6) is 2.63. The van der Waals surface area contributed by atoms with Gasteiger partial charge in [-0.1, -0.05) is 30.3 Å². The van der Waals surface area contributed by atoms with Crippen molar-refractivity contribution in [3.63, 3.8) is 0 Å². The number of anilines is 1. The van der Waals surface area contributed by atoms with E-state index in [0.29, 0.717) is 5.82 Å². The van der Waals surface area contributed by atoms with E-state index < -0.39 is 0 Å². The minimum Gasteiger partial charge on any atom is -0.356 e. The molecule has 1 aromatic carbocycles. The number of hydrogen-bond donors (Lipinski definition) is 2. The van der Waals surface area contributed by atoms with Crippen molar-refractivity contribution in [1.29, 1.82) is 0 Å². The zero-order valence-electron chi connectivity index (χ0n) is 17.7. The number of benzene rings is 1. The molecule has 1 aliphatic heterocycles. The molecule has 0 radical (unpaired) electrons. The minimum atomic E-state index is -0.174. The van der Waals surface area contributed by atoms with Crippen LogP contribution < -0.4 is 10.2 Å². The average molecular weight is 418 g/mol. The van der Waals surface area contributed by atoms with Gasteiger partial charge in [-0.05, 0) is 39.0 Å². The molecule has 8 heteroatoms. The van der Waals surface area contributed by atoms with Crippen LogP contribution in [0.4, 0.5) is 5.82 Å². The Hall–Kier alpha value is -3.29. The Bertz CT molecular complexity index is 1040. The van der Waals surface area contributed by atoms with E-state index >= 15 is 0 Å². The summed E-state index contributed by atoms with van der Waals surface area (Å²) < 4.78 is 0. The molecule has 0 bridgehead atoms. The Labute approximate surface area is 181 Å². The maximum atomic E-state index is 12.8. The number of carbonyl (C=O) groups is 1. The lowest BCUT2D eigenvalue weighted by Gasteiger charge is -2.33.